The average Bonchev–Trinajstić information content (AvgIpc) is 3.25. The molecule has 1 N–H and O–H groups in total. The normalized spacial score (nSPS) is 11.4. The second-order valence-corrected chi connectivity index (χ2v) is 6.80. The summed E-state index contributed by atoms with van der Waals surface area (Å²) in [5.74, 6) is 0.123. The van der Waals surface area contributed by atoms with Crippen LogP contribution >= 0.6 is 0 Å². The summed E-state index contributed by atoms with van der Waals surface area (Å²) in [6.45, 7) is 1.83. The van der Waals surface area contributed by atoms with Gasteiger partial charge in [-0.2, -0.15) is 4.98 Å². The van der Waals surface area contributed by atoms with Gasteiger partial charge >= 0.3 is 11.7 Å². The van der Waals surface area contributed by atoms with Gasteiger partial charge in [-0.05, 0) is 42.8 Å². The first-order valence-corrected chi connectivity index (χ1v) is 9.40. The molecule has 150 valence electrons. The van der Waals surface area contributed by atoms with Crippen LogP contribution in [0.25, 0.3) is 28.0 Å². The zero-order valence-corrected chi connectivity index (χ0v) is 16.3. The number of aromatic amines is 1. The van der Waals surface area contributed by atoms with Crippen molar-refractivity contribution in [2.75, 3.05) is 0 Å². The Balaban J connectivity index is 1.52. The summed E-state index contributed by atoms with van der Waals surface area (Å²) in [4.78, 5) is 28.1. The summed E-state index contributed by atoms with van der Waals surface area (Å²) < 4.78 is 23.1. The number of ether oxygens (including phenoxy) is 1. The predicted molar refractivity (Wildman–Crippen MR) is 110 cm³/mol. The molecule has 5 aromatic rings. The second-order valence-electron chi connectivity index (χ2n) is 6.80. The molecule has 0 bridgehead atoms. The zero-order valence-electron chi connectivity index (χ0n) is 16.3. The van der Waals surface area contributed by atoms with E-state index < -0.39 is 5.82 Å². The first-order valence-electron chi connectivity index (χ1n) is 9.40. The molecule has 1 aromatic carbocycles. The topological polar surface area (TPSA) is 90.6 Å². The van der Waals surface area contributed by atoms with Crippen molar-refractivity contribution in [2.45, 2.75) is 13.3 Å². The highest BCUT2D eigenvalue weighted by Crippen LogP contribution is 2.25. The Kier molecular flexibility index (Phi) is 4.09. The molecule has 9 heteroatoms. The molecule has 0 aliphatic carbocycles. The van der Waals surface area contributed by atoms with E-state index in [4.69, 9.17) is 4.74 Å². The molecule has 0 spiro atoms. The van der Waals surface area contributed by atoms with Gasteiger partial charge in [0.05, 0.1) is 17.4 Å². The molecule has 0 aliphatic rings. The van der Waals surface area contributed by atoms with Crippen LogP contribution in [0.5, 0.6) is 11.8 Å². The first-order chi connectivity index (χ1) is 14.6. The molecule has 0 aliphatic heterocycles. The average molecular weight is 404 g/mol. The predicted octanol–water partition coefficient (Wildman–Crippen LogP) is 3.49. The van der Waals surface area contributed by atoms with E-state index in [1.165, 1.54) is 4.57 Å². The number of aryl methyl sites for hydroxylation is 2. The first kappa shape index (κ1) is 18.0. The number of halogens is 1. The Morgan fingerprint density at radius 3 is 2.67 bits per heavy atom. The van der Waals surface area contributed by atoms with Crippen molar-refractivity contribution in [2.24, 2.45) is 7.05 Å². The third kappa shape index (κ3) is 2.74. The van der Waals surface area contributed by atoms with Crippen molar-refractivity contribution >= 4 is 22.3 Å². The van der Waals surface area contributed by atoms with Gasteiger partial charge in [0.25, 0.3) is 0 Å². The molecule has 0 unspecified atom stereocenters. The number of aromatic nitrogens is 6. The van der Waals surface area contributed by atoms with Crippen LogP contribution in [0.3, 0.4) is 0 Å². The van der Waals surface area contributed by atoms with Gasteiger partial charge in [0.15, 0.2) is 11.3 Å². The smallest absolute Gasteiger partial charge is 0.332 e. The van der Waals surface area contributed by atoms with Gasteiger partial charge in [0.2, 0.25) is 0 Å². The number of rotatable bonds is 4. The number of hydrogen-bond acceptors (Lipinski definition) is 5. The molecule has 30 heavy (non-hydrogen) atoms. The van der Waals surface area contributed by atoms with Crippen LogP contribution in [-0.2, 0) is 13.5 Å². The number of nitrogens with zero attached hydrogens (tertiary/aromatic N) is 5. The van der Waals surface area contributed by atoms with Gasteiger partial charge < -0.3 is 9.72 Å². The molecular weight excluding hydrogens is 387 g/mol. The molecular formula is C21H17FN6O2. The van der Waals surface area contributed by atoms with E-state index in [2.05, 4.69) is 19.9 Å². The minimum atomic E-state index is -0.431. The fraction of sp³-hybridized carbons (Fsp3) is 0.143. The van der Waals surface area contributed by atoms with Crippen LogP contribution < -0.4 is 10.4 Å². The van der Waals surface area contributed by atoms with E-state index in [9.17, 15) is 9.18 Å². The van der Waals surface area contributed by atoms with E-state index in [0.29, 0.717) is 40.6 Å². The Morgan fingerprint density at radius 1 is 1.13 bits per heavy atom. The van der Waals surface area contributed by atoms with Crippen molar-refractivity contribution < 1.29 is 9.13 Å². The fourth-order valence-corrected chi connectivity index (χ4v) is 3.52. The molecule has 0 amide bonds. The number of benzene rings is 1. The lowest BCUT2D eigenvalue weighted by Gasteiger charge is -2.07. The van der Waals surface area contributed by atoms with Crippen LogP contribution in [0.1, 0.15) is 12.5 Å². The summed E-state index contributed by atoms with van der Waals surface area (Å²) in [5.41, 5.74) is 2.90. The number of fused-ring (bicyclic) bond motifs is 2. The highest BCUT2D eigenvalue weighted by Gasteiger charge is 2.16. The minimum Gasteiger partial charge on any atom is -0.425 e. The number of H-pyrrole nitrogens is 1. The Hall–Kier alpha value is -4.01. The summed E-state index contributed by atoms with van der Waals surface area (Å²) in [6.07, 6.45) is 3.29. The van der Waals surface area contributed by atoms with Crippen molar-refractivity contribution in [3.05, 3.63) is 70.7 Å². The SMILES string of the molecule is CCc1c(F)cnc2c1[nH]c(=O)n2-c1ccc(Oc2nc3cccnc3n2C)cc1. The van der Waals surface area contributed by atoms with Crippen LogP contribution in [0.2, 0.25) is 0 Å². The Labute approximate surface area is 169 Å². The number of nitrogens with one attached hydrogen (secondary N) is 1. The van der Waals surface area contributed by atoms with E-state index in [0.717, 1.165) is 17.4 Å². The highest BCUT2D eigenvalue weighted by atomic mass is 19.1. The lowest BCUT2D eigenvalue weighted by Crippen LogP contribution is -2.14. The number of pyridine rings is 2. The Morgan fingerprint density at radius 2 is 1.93 bits per heavy atom. The van der Waals surface area contributed by atoms with Gasteiger partial charge in [-0.25, -0.2) is 23.7 Å². The van der Waals surface area contributed by atoms with Crippen LogP contribution in [0.4, 0.5) is 4.39 Å². The zero-order chi connectivity index (χ0) is 20.8. The summed E-state index contributed by atoms with van der Waals surface area (Å²) in [7, 11) is 1.83. The molecule has 4 heterocycles. The van der Waals surface area contributed by atoms with Gasteiger partial charge in [-0.15, -0.1) is 0 Å². The van der Waals surface area contributed by atoms with E-state index in [1.807, 2.05) is 26.1 Å². The number of imidazole rings is 2. The summed E-state index contributed by atoms with van der Waals surface area (Å²) in [5, 5.41) is 0. The van der Waals surface area contributed by atoms with Gasteiger partial charge in [0.1, 0.15) is 17.1 Å². The van der Waals surface area contributed by atoms with Crippen LogP contribution in [-0.4, -0.2) is 29.1 Å². The quantitative estimate of drug-likeness (QED) is 0.495. The summed E-state index contributed by atoms with van der Waals surface area (Å²) >= 11 is 0. The standard InChI is InChI=1S/C21H17FN6O2/c1-3-14-15(22)11-24-19-17(14)26-20(29)28(19)12-6-8-13(9-7-12)30-21-25-16-5-4-10-23-18(16)27(21)2/h4-11H,3H2,1-2H3,(H,26,29). The summed E-state index contributed by atoms with van der Waals surface area (Å²) in [6, 6.07) is 11.0. The van der Waals surface area contributed by atoms with Crippen molar-refractivity contribution in [1.29, 1.82) is 0 Å². The Bertz CT molecular complexity index is 1450. The maximum absolute atomic E-state index is 14.0. The third-order valence-corrected chi connectivity index (χ3v) is 5.01. The second kappa shape index (κ2) is 6.80. The largest absolute Gasteiger partial charge is 0.425 e. The van der Waals surface area contributed by atoms with Crippen molar-refractivity contribution in [3.63, 3.8) is 0 Å². The minimum absolute atomic E-state index is 0.382. The lowest BCUT2D eigenvalue weighted by molar-refractivity contribution is 0.427. The molecule has 0 saturated heterocycles. The third-order valence-electron chi connectivity index (χ3n) is 5.01. The lowest BCUT2D eigenvalue weighted by atomic mass is 10.2. The molecule has 0 fully saturated rings. The van der Waals surface area contributed by atoms with E-state index >= 15 is 0 Å². The van der Waals surface area contributed by atoms with Crippen molar-refractivity contribution in [1.82, 2.24) is 29.1 Å². The molecule has 0 atom stereocenters. The highest BCUT2D eigenvalue weighted by molar-refractivity contribution is 5.77. The van der Waals surface area contributed by atoms with Crippen LogP contribution in [0.15, 0.2) is 53.6 Å². The molecule has 8 nitrogen and oxygen atoms in total. The number of hydrogen-bond donors (Lipinski definition) is 1. The molecule has 0 radical (unpaired) electrons. The monoisotopic (exact) mass is 404 g/mol. The van der Waals surface area contributed by atoms with Gasteiger partial charge in [-0.1, -0.05) is 6.92 Å². The van der Waals surface area contributed by atoms with Crippen LogP contribution in [0, 0.1) is 5.82 Å². The maximum Gasteiger partial charge on any atom is 0.332 e. The van der Waals surface area contributed by atoms with Gasteiger partial charge in [-0.3, -0.25) is 4.57 Å². The maximum atomic E-state index is 14.0. The van der Waals surface area contributed by atoms with E-state index in [1.54, 1.807) is 35.0 Å². The van der Waals surface area contributed by atoms with Crippen molar-refractivity contribution in [3.8, 4) is 17.4 Å². The molecule has 4 aromatic heterocycles. The molecule has 5 rings (SSSR count). The molecule has 0 saturated carbocycles. The van der Waals surface area contributed by atoms with Gasteiger partial charge in [0, 0.05) is 18.8 Å². The van der Waals surface area contributed by atoms with E-state index in [-0.39, 0.29) is 5.69 Å². The fourth-order valence-electron chi connectivity index (χ4n) is 3.52.